The number of benzene rings is 3. The summed E-state index contributed by atoms with van der Waals surface area (Å²) < 4.78 is 0. The van der Waals surface area contributed by atoms with Crippen LogP contribution in [0.25, 0.3) is 0 Å². The van der Waals surface area contributed by atoms with Crippen LogP contribution in [0.5, 0.6) is 0 Å². The number of carbonyl (C=O) groups is 1. The van der Waals surface area contributed by atoms with Crippen LogP contribution >= 0.6 is 11.6 Å². The predicted octanol–water partition coefficient (Wildman–Crippen LogP) is 4.91. The number of nitrogens with zero attached hydrogens (tertiary/aromatic N) is 1. The lowest BCUT2D eigenvalue weighted by atomic mass is 9.76. The molecule has 2 atom stereocenters. The third-order valence-electron chi connectivity index (χ3n) is 4.51. The van der Waals surface area contributed by atoms with Crippen LogP contribution in [-0.2, 0) is 9.67 Å². The smallest absolute Gasteiger partial charge is 0.255 e. The van der Waals surface area contributed by atoms with Crippen LogP contribution < -0.4 is 4.90 Å². The number of alkyl halides is 1. The molecule has 1 amide bonds. The average molecular weight is 334 g/mol. The normalized spacial score (nSPS) is 23.0. The van der Waals surface area contributed by atoms with Gasteiger partial charge in [0.2, 0.25) is 0 Å². The molecule has 1 aliphatic rings. The zero-order valence-corrected chi connectivity index (χ0v) is 13.7. The molecule has 3 aromatic rings. The highest BCUT2D eigenvalue weighted by molar-refractivity contribution is 6.41. The van der Waals surface area contributed by atoms with E-state index in [1.165, 1.54) is 0 Å². The second-order valence-electron chi connectivity index (χ2n) is 5.90. The van der Waals surface area contributed by atoms with Gasteiger partial charge in [0.05, 0.1) is 6.04 Å². The molecule has 3 heteroatoms. The third-order valence-corrected chi connectivity index (χ3v) is 5.10. The van der Waals surface area contributed by atoms with Gasteiger partial charge in [-0.25, -0.2) is 0 Å². The zero-order chi connectivity index (χ0) is 16.6. The Hall–Kier alpha value is -2.58. The fourth-order valence-corrected chi connectivity index (χ4v) is 3.79. The highest BCUT2D eigenvalue weighted by Gasteiger charge is 2.61. The molecule has 0 spiro atoms. The fraction of sp³-hybridized carbons (Fsp3) is 0.0952. The van der Waals surface area contributed by atoms with Gasteiger partial charge in [-0.2, -0.15) is 0 Å². The lowest BCUT2D eigenvalue weighted by molar-refractivity contribution is -0.128. The lowest BCUT2D eigenvalue weighted by Crippen LogP contribution is -2.63. The van der Waals surface area contributed by atoms with Crippen molar-refractivity contribution in [2.24, 2.45) is 0 Å². The summed E-state index contributed by atoms with van der Waals surface area (Å²) in [5, 5.41) is 0. The van der Waals surface area contributed by atoms with E-state index in [0.717, 1.165) is 16.8 Å². The van der Waals surface area contributed by atoms with Gasteiger partial charge in [0.25, 0.3) is 5.91 Å². The van der Waals surface area contributed by atoms with Gasteiger partial charge in [-0.15, -0.1) is 11.6 Å². The van der Waals surface area contributed by atoms with E-state index in [-0.39, 0.29) is 11.9 Å². The van der Waals surface area contributed by atoms with Crippen molar-refractivity contribution in [1.82, 2.24) is 0 Å². The molecule has 0 aliphatic carbocycles. The minimum atomic E-state index is -1.07. The summed E-state index contributed by atoms with van der Waals surface area (Å²) in [6, 6.07) is 29.0. The van der Waals surface area contributed by atoms with Crippen molar-refractivity contribution in [3.05, 3.63) is 102 Å². The minimum Gasteiger partial charge on any atom is -0.300 e. The Balaban J connectivity index is 1.85. The molecule has 0 radical (unpaired) electrons. The molecule has 0 bridgehead atoms. The number of rotatable bonds is 3. The van der Waals surface area contributed by atoms with Crippen molar-refractivity contribution in [1.29, 1.82) is 0 Å². The largest absolute Gasteiger partial charge is 0.300 e. The van der Waals surface area contributed by atoms with Crippen LogP contribution in [0.1, 0.15) is 17.2 Å². The molecule has 4 rings (SSSR count). The number of hydrogen-bond donors (Lipinski definition) is 0. The number of amides is 1. The summed E-state index contributed by atoms with van der Waals surface area (Å²) in [6.45, 7) is 0. The van der Waals surface area contributed by atoms with Crippen molar-refractivity contribution in [2.45, 2.75) is 10.9 Å². The third kappa shape index (κ3) is 2.15. The summed E-state index contributed by atoms with van der Waals surface area (Å²) in [5.41, 5.74) is 2.72. The molecule has 1 saturated heterocycles. The maximum absolute atomic E-state index is 13.1. The van der Waals surface area contributed by atoms with Crippen LogP contribution in [0.3, 0.4) is 0 Å². The Morgan fingerprint density at radius 1 is 0.750 bits per heavy atom. The first-order valence-electron chi connectivity index (χ1n) is 7.91. The van der Waals surface area contributed by atoms with Crippen LogP contribution in [-0.4, -0.2) is 5.91 Å². The maximum Gasteiger partial charge on any atom is 0.255 e. The molecule has 1 aliphatic heterocycles. The molecular weight excluding hydrogens is 318 g/mol. The molecular formula is C21H16ClNO. The van der Waals surface area contributed by atoms with Crippen LogP contribution in [0.2, 0.25) is 0 Å². The van der Waals surface area contributed by atoms with Crippen LogP contribution in [0, 0.1) is 0 Å². The maximum atomic E-state index is 13.1. The van der Waals surface area contributed by atoms with Crippen molar-refractivity contribution in [2.75, 3.05) is 4.90 Å². The molecule has 1 fully saturated rings. The Kier molecular flexibility index (Phi) is 3.62. The highest BCUT2D eigenvalue weighted by atomic mass is 35.5. The van der Waals surface area contributed by atoms with Gasteiger partial charge in [0.1, 0.15) is 0 Å². The van der Waals surface area contributed by atoms with Crippen molar-refractivity contribution in [3.8, 4) is 0 Å². The zero-order valence-electron chi connectivity index (χ0n) is 13.0. The molecule has 0 saturated carbocycles. The van der Waals surface area contributed by atoms with Gasteiger partial charge in [-0.05, 0) is 23.3 Å². The van der Waals surface area contributed by atoms with E-state index >= 15 is 0 Å². The van der Waals surface area contributed by atoms with E-state index in [4.69, 9.17) is 11.6 Å². The van der Waals surface area contributed by atoms with Crippen LogP contribution in [0.4, 0.5) is 5.69 Å². The molecule has 118 valence electrons. The summed E-state index contributed by atoms with van der Waals surface area (Å²) in [5.74, 6) is -0.0876. The number of β-lactam (4-membered cyclic amide) rings is 1. The monoisotopic (exact) mass is 333 g/mol. The molecule has 3 aromatic carbocycles. The van der Waals surface area contributed by atoms with E-state index in [1.54, 1.807) is 4.90 Å². The molecule has 1 heterocycles. The average Bonchev–Trinajstić information content (AvgIpc) is 2.67. The Bertz CT molecular complexity index is 851. The van der Waals surface area contributed by atoms with E-state index in [2.05, 4.69) is 0 Å². The number of anilines is 1. The summed E-state index contributed by atoms with van der Waals surface area (Å²) >= 11 is 6.94. The Morgan fingerprint density at radius 3 is 1.83 bits per heavy atom. The SMILES string of the molecule is O=C1N(c2ccccc2)C(c2ccccc2)C1(Cl)c1ccccc1. The van der Waals surface area contributed by atoms with Crippen LogP contribution in [0.15, 0.2) is 91.0 Å². The number of para-hydroxylation sites is 1. The number of carbonyl (C=O) groups excluding carboxylic acids is 1. The standard InChI is InChI=1S/C21H16ClNO/c22-21(17-12-6-2-7-13-17)19(16-10-4-1-5-11-16)23(20(21)24)18-14-8-3-9-15-18/h1-15,19H. The first kappa shape index (κ1) is 15.0. The predicted molar refractivity (Wildman–Crippen MR) is 97.1 cm³/mol. The quantitative estimate of drug-likeness (QED) is 0.492. The van der Waals surface area contributed by atoms with Gasteiger partial charge in [0.15, 0.2) is 4.87 Å². The van der Waals surface area contributed by atoms with Crippen molar-refractivity contribution < 1.29 is 4.79 Å². The number of hydrogen-bond acceptors (Lipinski definition) is 1. The number of halogens is 1. The lowest BCUT2D eigenvalue weighted by Gasteiger charge is -2.53. The van der Waals surface area contributed by atoms with E-state index < -0.39 is 4.87 Å². The van der Waals surface area contributed by atoms with Gasteiger partial charge < -0.3 is 4.90 Å². The summed E-state index contributed by atoms with van der Waals surface area (Å²) in [4.78, 5) is 13.8. The minimum absolute atomic E-state index is 0.0876. The van der Waals surface area contributed by atoms with E-state index in [9.17, 15) is 4.79 Å². The second kappa shape index (κ2) is 5.81. The molecule has 24 heavy (non-hydrogen) atoms. The van der Waals surface area contributed by atoms with Crippen molar-refractivity contribution >= 4 is 23.2 Å². The second-order valence-corrected chi connectivity index (χ2v) is 6.50. The highest BCUT2D eigenvalue weighted by Crippen LogP contribution is 2.56. The Labute approximate surface area is 146 Å². The fourth-order valence-electron chi connectivity index (χ4n) is 3.35. The van der Waals surface area contributed by atoms with Gasteiger partial charge in [-0.1, -0.05) is 78.9 Å². The summed E-state index contributed by atoms with van der Waals surface area (Å²) in [6.07, 6.45) is 0. The Morgan fingerprint density at radius 2 is 1.25 bits per heavy atom. The summed E-state index contributed by atoms with van der Waals surface area (Å²) in [7, 11) is 0. The van der Waals surface area contributed by atoms with Crippen molar-refractivity contribution in [3.63, 3.8) is 0 Å². The van der Waals surface area contributed by atoms with Gasteiger partial charge in [0, 0.05) is 5.69 Å². The van der Waals surface area contributed by atoms with Gasteiger partial charge >= 0.3 is 0 Å². The topological polar surface area (TPSA) is 20.3 Å². The van der Waals surface area contributed by atoms with E-state index in [1.807, 2.05) is 91.0 Å². The van der Waals surface area contributed by atoms with E-state index in [0.29, 0.717) is 0 Å². The first-order valence-corrected chi connectivity index (χ1v) is 8.29. The first-order chi connectivity index (χ1) is 11.7. The molecule has 0 N–H and O–H groups in total. The molecule has 2 nitrogen and oxygen atoms in total. The molecule has 2 unspecified atom stereocenters. The van der Waals surface area contributed by atoms with Gasteiger partial charge in [-0.3, -0.25) is 4.79 Å². The molecule has 0 aromatic heterocycles.